The third-order valence-electron chi connectivity index (χ3n) is 4.36. The number of halogens is 2. The number of hydrogen-bond donors (Lipinski definition) is 0. The summed E-state index contributed by atoms with van der Waals surface area (Å²) in [5.41, 5.74) is 1.61. The monoisotopic (exact) mass is 471 g/mol. The molecule has 4 rings (SSSR count). The van der Waals surface area contributed by atoms with Crippen LogP contribution in [0, 0.1) is 6.92 Å². The molecule has 3 aromatic carbocycles. The molecular weight excluding hydrogens is 457 g/mol. The van der Waals surface area contributed by atoms with E-state index in [0.29, 0.717) is 25.5 Å². The molecule has 1 heterocycles. The van der Waals surface area contributed by atoms with Gasteiger partial charge in [-0.25, -0.2) is 4.90 Å². The topological polar surface area (TPSA) is 37.4 Å². The van der Waals surface area contributed by atoms with Crippen LogP contribution in [0.2, 0.25) is 10.0 Å². The average Bonchev–Trinajstić information content (AvgIpc) is 2.96. The molecule has 0 atom stereocenters. The SMILES string of the molecule is Cc1ccc(N2C(=O)C(Sc3ccc(Cl)cc3)=C(Sc3ccc(Cl)cc3)C2=O)cc1. The Morgan fingerprint density at radius 2 is 1.03 bits per heavy atom. The summed E-state index contributed by atoms with van der Waals surface area (Å²) in [5.74, 6) is -0.666. The fraction of sp³-hybridized carbons (Fsp3) is 0.0435. The van der Waals surface area contributed by atoms with E-state index in [0.717, 1.165) is 15.4 Å². The van der Waals surface area contributed by atoms with Crippen molar-refractivity contribution in [1.29, 1.82) is 0 Å². The number of benzene rings is 3. The highest BCUT2D eigenvalue weighted by atomic mass is 35.5. The number of carbonyl (C=O) groups excluding carboxylic acids is 2. The van der Waals surface area contributed by atoms with Gasteiger partial charge in [0.1, 0.15) is 0 Å². The summed E-state index contributed by atoms with van der Waals surface area (Å²) < 4.78 is 0. The smallest absolute Gasteiger partial charge is 0.268 e. The summed E-state index contributed by atoms with van der Waals surface area (Å²) in [4.78, 5) is 30.3. The third kappa shape index (κ3) is 4.44. The van der Waals surface area contributed by atoms with Crippen molar-refractivity contribution in [3.63, 3.8) is 0 Å². The minimum Gasteiger partial charge on any atom is -0.268 e. The summed E-state index contributed by atoms with van der Waals surface area (Å²) in [6.45, 7) is 1.96. The molecule has 0 saturated carbocycles. The number of aryl methyl sites for hydroxylation is 1. The van der Waals surface area contributed by atoms with Gasteiger partial charge < -0.3 is 0 Å². The number of amides is 2. The Morgan fingerprint density at radius 1 is 0.633 bits per heavy atom. The van der Waals surface area contributed by atoms with Crippen molar-refractivity contribution >= 4 is 64.2 Å². The first-order chi connectivity index (χ1) is 14.4. The number of carbonyl (C=O) groups is 2. The Labute approximate surface area is 193 Å². The van der Waals surface area contributed by atoms with Gasteiger partial charge in [0.15, 0.2) is 0 Å². The zero-order valence-electron chi connectivity index (χ0n) is 15.8. The van der Waals surface area contributed by atoms with Crippen LogP contribution >= 0.6 is 46.7 Å². The molecule has 3 nitrogen and oxygen atoms in total. The lowest BCUT2D eigenvalue weighted by Crippen LogP contribution is -2.31. The molecule has 0 spiro atoms. The maximum absolute atomic E-state index is 13.3. The highest BCUT2D eigenvalue weighted by Crippen LogP contribution is 2.44. The van der Waals surface area contributed by atoms with Crippen molar-refractivity contribution in [3.05, 3.63) is 98.2 Å². The van der Waals surface area contributed by atoms with E-state index in [9.17, 15) is 9.59 Å². The summed E-state index contributed by atoms with van der Waals surface area (Å²) in [5, 5.41) is 1.22. The standard InChI is InChI=1S/C23H15Cl2NO2S2/c1-14-2-8-17(9-3-14)26-22(27)20(29-18-10-4-15(24)5-11-18)21(23(26)28)30-19-12-6-16(25)7-13-19/h2-13H,1H3. The Balaban J connectivity index is 1.73. The van der Waals surface area contributed by atoms with Crippen LogP contribution in [0.15, 0.2) is 92.4 Å². The van der Waals surface area contributed by atoms with Crippen LogP contribution in [0.4, 0.5) is 5.69 Å². The Kier molecular flexibility index (Phi) is 6.25. The van der Waals surface area contributed by atoms with Gasteiger partial charge in [-0.2, -0.15) is 0 Å². The first-order valence-corrected chi connectivity index (χ1v) is 11.4. The van der Waals surface area contributed by atoms with Gasteiger partial charge in [0.05, 0.1) is 15.5 Å². The van der Waals surface area contributed by atoms with Crippen LogP contribution in [-0.4, -0.2) is 11.8 Å². The lowest BCUT2D eigenvalue weighted by Gasteiger charge is -2.15. The second-order valence-electron chi connectivity index (χ2n) is 6.55. The zero-order valence-corrected chi connectivity index (χ0v) is 18.9. The fourth-order valence-electron chi connectivity index (χ4n) is 2.84. The Bertz CT molecular complexity index is 1070. The van der Waals surface area contributed by atoms with Crippen molar-refractivity contribution in [2.45, 2.75) is 16.7 Å². The molecule has 1 aliphatic heterocycles. The van der Waals surface area contributed by atoms with Gasteiger partial charge >= 0.3 is 0 Å². The van der Waals surface area contributed by atoms with E-state index in [1.165, 1.54) is 28.4 Å². The lowest BCUT2D eigenvalue weighted by molar-refractivity contribution is -0.120. The largest absolute Gasteiger partial charge is 0.273 e. The van der Waals surface area contributed by atoms with Crippen LogP contribution < -0.4 is 4.90 Å². The molecular formula is C23H15Cl2NO2S2. The van der Waals surface area contributed by atoms with Gasteiger partial charge in [0, 0.05) is 19.8 Å². The molecule has 0 saturated heterocycles. The van der Waals surface area contributed by atoms with E-state index in [4.69, 9.17) is 23.2 Å². The molecule has 0 bridgehead atoms. The molecule has 0 aliphatic carbocycles. The van der Waals surface area contributed by atoms with Crippen molar-refractivity contribution in [3.8, 4) is 0 Å². The van der Waals surface area contributed by atoms with Gasteiger partial charge in [-0.15, -0.1) is 0 Å². The molecule has 7 heteroatoms. The van der Waals surface area contributed by atoms with Gasteiger partial charge in [-0.05, 0) is 67.6 Å². The number of thioether (sulfide) groups is 2. The van der Waals surface area contributed by atoms with Crippen LogP contribution in [0.25, 0.3) is 0 Å². The maximum Gasteiger partial charge on any atom is 0.273 e. The Morgan fingerprint density at radius 3 is 1.43 bits per heavy atom. The summed E-state index contributed by atoms with van der Waals surface area (Å²) in [7, 11) is 0. The molecule has 0 aromatic heterocycles. The van der Waals surface area contributed by atoms with E-state index in [1.54, 1.807) is 36.4 Å². The average molecular weight is 472 g/mol. The van der Waals surface area contributed by atoms with E-state index in [-0.39, 0.29) is 11.8 Å². The predicted molar refractivity (Wildman–Crippen MR) is 125 cm³/mol. The highest BCUT2D eigenvalue weighted by molar-refractivity contribution is 8.08. The van der Waals surface area contributed by atoms with E-state index < -0.39 is 0 Å². The number of imide groups is 1. The molecule has 150 valence electrons. The molecule has 30 heavy (non-hydrogen) atoms. The molecule has 0 fully saturated rings. The first-order valence-electron chi connectivity index (χ1n) is 8.99. The first kappa shape index (κ1) is 21.1. The van der Waals surface area contributed by atoms with Crippen molar-refractivity contribution < 1.29 is 9.59 Å². The molecule has 2 amide bonds. The molecule has 3 aromatic rings. The minimum atomic E-state index is -0.333. The van der Waals surface area contributed by atoms with Gasteiger partial charge in [0.25, 0.3) is 11.8 Å². The molecule has 0 radical (unpaired) electrons. The van der Waals surface area contributed by atoms with Gasteiger partial charge in [-0.3, -0.25) is 9.59 Å². The van der Waals surface area contributed by atoms with Gasteiger partial charge in [0.2, 0.25) is 0 Å². The number of rotatable bonds is 5. The zero-order chi connectivity index (χ0) is 21.3. The normalized spacial score (nSPS) is 14.0. The van der Waals surface area contributed by atoms with Crippen molar-refractivity contribution in [2.75, 3.05) is 4.90 Å². The second kappa shape index (κ2) is 8.90. The summed E-state index contributed by atoms with van der Waals surface area (Å²) in [6, 6.07) is 21.7. The van der Waals surface area contributed by atoms with Crippen LogP contribution in [0.5, 0.6) is 0 Å². The van der Waals surface area contributed by atoms with Crippen LogP contribution in [0.3, 0.4) is 0 Å². The summed E-state index contributed by atoms with van der Waals surface area (Å²) in [6.07, 6.45) is 0. The lowest BCUT2D eigenvalue weighted by atomic mass is 10.2. The van der Waals surface area contributed by atoms with Crippen molar-refractivity contribution in [1.82, 2.24) is 0 Å². The summed E-state index contributed by atoms with van der Waals surface area (Å²) >= 11 is 14.5. The van der Waals surface area contributed by atoms with Gasteiger partial charge in [-0.1, -0.05) is 64.4 Å². The minimum absolute atomic E-state index is 0.333. The fourth-order valence-corrected chi connectivity index (χ4v) is 5.07. The van der Waals surface area contributed by atoms with E-state index in [1.807, 2.05) is 43.3 Å². The third-order valence-corrected chi connectivity index (χ3v) is 7.17. The molecule has 1 aliphatic rings. The van der Waals surface area contributed by atoms with E-state index >= 15 is 0 Å². The second-order valence-corrected chi connectivity index (χ2v) is 9.59. The number of anilines is 1. The van der Waals surface area contributed by atoms with Crippen LogP contribution in [-0.2, 0) is 9.59 Å². The number of nitrogens with zero attached hydrogens (tertiary/aromatic N) is 1. The maximum atomic E-state index is 13.3. The Hall–Kier alpha value is -2.18. The molecule has 0 N–H and O–H groups in total. The number of hydrogen-bond acceptors (Lipinski definition) is 4. The highest BCUT2D eigenvalue weighted by Gasteiger charge is 2.40. The predicted octanol–water partition coefficient (Wildman–Crippen LogP) is 6.97. The van der Waals surface area contributed by atoms with Crippen LogP contribution in [0.1, 0.15) is 5.56 Å². The quantitative estimate of drug-likeness (QED) is 0.376. The van der Waals surface area contributed by atoms with Crippen molar-refractivity contribution in [2.24, 2.45) is 0 Å². The molecule has 0 unspecified atom stereocenters. The van der Waals surface area contributed by atoms with E-state index in [2.05, 4.69) is 0 Å².